The number of alkyl halides is 1. The first kappa shape index (κ1) is 10.2. The van der Waals surface area contributed by atoms with Crippen LogP contribution in [-0.4, -0.2) is 33.9 Å². The second kappa shape index (κ2) is 3.37. The molecule has 0 aliphatic carbocycles. The summed E-state index contributed by atoms with van der Waals surface area (Å²) in [5, 5.41) is 9.86. The largest absolute Gasteiger partial charge is 0.477 e. The molecule has 1 atom stereocenters. The van der Waals surface area contributed by atoms with E-state index in [0.29, 0.717) is 11.1 Å². The fraction of sp³-hybridized carbons (Fsp3) is 0.333. The van der Waals surface area contributed by atoms with Gasteiger partial charge in [-0.2, -0.15) is 0 Å². The third-order valence-electron chi connectivity index (χ3n) is 2.38. The molecule has 0 aromatic carbocycles. The molecular weight excluding hydrogens is 221 g/mol. The average Bonchev–Trinajstić information content (AvgIpc) is 2.57. The normalized spacial score (nSPS) is 27.1. The minimum Gasteiger partial charge on any atom is -0.477 e. The van der Waals surface area contributed by atoms with Gasteiger partial charge in [-0.25, -0.2) is 9.18 Å². The summed E-state index contributed by atoms with van der Waals surface area (Å²) in [5.74, 6) is -1.52. The molecule has 1 saturated heterocycles. The Morgan fingerprint density at radius 1 is 1.73 bits per heavy atom. The number of hydrogen-bond acceptors (Lipinski definition) is 3. The van der Waals surface area contributed by atoms with Crippen LogP contribution in [0.3, 0.4) is 0 Å². The van der Waals surface area contributed by atoms with Crippen LogP contribution in [0.2, 0.25) is 0 Å². The second-order valence-corrected chi connectivity index (χ2v) is 4.25. The number of halogens is 1. The quantitative estimate of drug-likeness (QED) is 0.569. The van der Waals surface area contributed by atoms with E-state index in [1.807, 2.05) is 0 Å². The van der Waals surface area contributed by atoms with Gasteiger partial charge in [0.05, 0.1) is 5.57 Å². The van der Waals surface area contributed by atoms with Gasteiger partial charge in [-0.1, -0.05) is 0 Å². The number of allylic oxidation sites excluding steroid dienone is 1. The number of hydrogen-bond donors (Lipinski definition) is 1. The standard InChI is InChI=1S/C9H8FNO3S/c1-4(2-10)6-7(12)11-5(9(13)14)3-15-8(6)11/h3,8H,2H2,1H3,(H,13,14)/b6-4+/t8-/m1/s1. The number of rotatable bonds is 2. The highest BCUT2D eigenvalue weighted by Gasteiger charge is 2.50. The summed E-state index contributed by atoms with van der Waals surface area (Å²) >= 11 is 1.22. The first-order valence-electron chi connectivity index (χ1n) is 4.26. The predicted molar refractivity (Wildman–Crippen MR) is 52.6 cm³/mol. The van der Waals surface area contributed by atoms with Crippen LogP contribution in [0.5, 0.6) is 0 Å². The van der Waals surface area contributed by atoms with Crippen LogP contribution in [0.1, 0.15) is 6.92 Å². The monoisotopic (exact) mass is 229 g/mol. The summed E-state index contributed by atoms with van der Waals surface area (Å²) in [7, 11) is 0. The van der Waals surface area contributed by atoms with Crippen LogP contribution < -0.4 is 0 Å². The fourth-order valence-electron chi connectivity index (χ4n) is 1.57. The number of carbonyl (C=O) groups excluding carboxylic acids is 1. The van der Waals surface area contributed by atoms with E-state index in [4.69, 9.17) is 5.11 Å². The van der Waals surface area contributed by atoms with E-state index >= 15 is 0 Å². The lowest BCUT2D eigenvalue weighted by Crippen LogP contribution is -2.51. The van der Waals surface area contributed by atoms with E-state index in [1.54, 1.807) is 6.92 Å². The molecule has 0 unspecified atom stereocenters. The third-order valence-corrected chi connectivity index (χ3v) is 3.44. The molecule has 0 aromatic heterocycles. The smallest absolute Gasteiger partial charge is 0.353 e. The number of carboxylic acid groups (broad SMARTS) is 1. The van der Waals surface area contributed by atoms with Gasteiger partial charge in [0.25, 0.3) is 5.91 Å². The predicted octanol–water partition coefficient (Wildman–Crippen LogP) is 1.11. The third kappa shape index (κ3) is 1.28. The lowest BCUT2D eigenvalue weighted by Gasteiger charge is -2.38. The number of carboxylic acids is 1. The molecular formula is C9H8FNO3S. The molecule has 1 N–H and O–H groups in total. The van der Waals surface area contributed by atoms with Gasteiger partial charge in [0.2, 0.25) is 0 Å². The molecule has 4 nitrogen and oxygen atoms in total. The molecule has 80 valence electrons. The molecule has 0 bridgehead atoms. The van der Waals surface area contributed by atoms with Crippen molar-refractivity contribution >= 4 is 23.6 Å². The number of nitrogens with zero attached hydrogens (tertiary/aromatic N) is 1. The van der Waals surface area contributed by atoms with E-state index < -0.39 is 18.6 Å². The van der Waals surface area contributed by atoms with Gasteiger partial charge in [0, 0.05) is 5.41 Å². The Balaban J connectivity index is 2.28. The topological polar surface area (TPSA) is 57.6 Å². The molecule has 0 saturated carbocycles. The number of fused-ring (bicyclic) bond motifs is 1. The Morgan fingerprint density at radius 3 is 2.93 bits per heavy atom. The van der Waals surface area contributed by atoms with Gasteiger partial charge >= 0.3 is 5.97 Å². The van der Waals surface area contributed by atoms with Crippen molar-refractivity contribution in [3.05, 3.63) is 22.3 Å². The molecule has 2 heterocycles. The highest BCUT2D eigenvalue weighted by molar-refractivity contribution is 8.03. The van der Waals surface area contributed by atoms with Crippen LogP contribution in [0.25, 0.3) is 0 Å². The van der Waals surface area contributed by atoms with E-state index in [2.05, 4.69) is 0 Å². The Kier molecular flexibility index (Phi) is 2.30. The zero-order chi connectivity index (χ0) is 11.2. The molecule has 6 heteroatoms. The van der Waals surface area contributed by atoms with Crippen molar-refractivity contribution in [1.82, 2.24) is 4.90 Å². The minimum absolute atomic E-state index is 0.0228. The SMILES string of the molecule is C/C(CF)=C1/C(=O)N2C(C(=O)O)=CS[C@H]12. The first-order chi connectivity index (χ1) is 7.07. The van der Waals surface area contributed by atoms with Crippen molar-refractivity contribution in [1.29, 1.82) is 0 Å². The van der Waals surface area contributed by atoms with Gasteiger partial charge in [-0.15, -0.1) is 11.8 Å². The number of aliphatic carboxylic acids is 1. The van der Waals surface area contributed by atoms with Crippen LogP contribution in [0.15, 0.2) is 22.3 Å². The molecule has 15 heavy (non-hydrogen) atoms. The van der Waals surface area contributed by atoms with Crippen molar-refractivity contribution in [2.45, 2.75) is 12.3 Å². The number of amides is 1. The van der Waals surface area contributed by atoms with Gasteiger partial charge in [0.1, 0.15) is 17.7 Å². The van der Waals surface area contributed by atoms with Gasteiger partial charge in [-0.3, -0.25) is 9.69 Å². The van der Waals surface area contributed by atoms with Gasteiger partial charge in [0.15, 0.2) is 0 Å². The summed E-state index contributed by atoms with van der Waals surface area (Å²) in [6, 6.07) is 0. The van der Waals surface area contributed by atoms with Crippen LogP contribution in [0.4, 0.5) is 4.39 Å². The minimum atomic E-state index is -1.13. The maximum atomic E-state index is 12.4. The zero-order valence-electron chi connectivity index (χ0n) is 7.86. The second-order valence-electron chi connectivity index (χ2n) is 3.30. The average molecular weight is 229 g/mol. The molecule has 1 amide bonds. The molecule has 0 aromatic rings. The highest BCUT2D eigenvalue weighted by Crippen LogP contribution is 2.45. The molecule has 2 aliphatic heterocycles. The number of thioether (sulfide) groups is 1. The molecule has 2 aliphatic rings. The molecule has 0 radical (unpaired) electrons. The van der Waals surface area contributed by atoms with Crippen LogP contribution >= 0.6 is 11.8 Å². The maximum Gasteiger partial charge on any atom is 0.353 e. The van der Waals surface area contributed by atoms with E-state index in [0.717, 1.165) is 0 Å². The Labute approximate surface area is 89.4 Å². The maximum absolute atomic E-state index is 12.4. The summed E-state index contributed by atoms with van der Waals surface area (Å²) in [4.78, 5) is 23.4. The number of β-lactam (4-membered cyclic amide) rings is 1. The summed E-state index contributed by atoms with van der Waals surface area (Å²) in [6.45, 7) is 0.873. The van der Waals surface area contributed by atoms with E-state index in [-0.39, 0.29) is 11.1 Å². The lowest BCUT2D eigenvalue weighted by atomic mass is 10.00. The lowest BCUT2D eigenvalue weighted by molar-refractivity contribution is -0.141. The van der Waals surface area contributed by atoms with E-state index in [9.17, 15) is 14.0 Å². The van der Waals surface area contributed by atoms with Crippen molar-refractivity contribution in [2.75, 3.05) is 6.67 Å². The van der Waals surface area contributed by atoms with Gasteiger partial charge < -0.3 is 5.11 Å². The van der Waals surface area contributed by atoms with Crippen molar-refractivity contribution in [2.24, 2.45) is 0 Å². The Bertz CT molecular complexity index is 416. The van der Waals surface area contributed by atoms with Crippen LogP contribution in [-0.2, 0) is 9.59 Å². The summed E-state index contributed by atoms with van der Waals surface area (Å²) < 4.78 is 12.4. The first-order valence-corrected chi connectivity index (χ1v) is 5.20. The Morgan fingerprint density at radius 2 is 2.40 bits per heavy atom. The van der Waals surface area contributed by atoms with E-state index in [1.165, 1.54) is 22.1 Å². The zero-order valence-corrected chi connectivity index (χ0v) is 8.68. The Hall–Kier alpha value is -1.30. The summed E-state index contributed by atoms with van der Waals surface area (Å²) in [6.07, 6.45) is 0. The fourth-order valence-corrected chi connectivity index (χ4v) is 2.82. The van der Waals surface area contributed by atoms with Crippen LogP contribution in [0, 0.1) is 0 Å². The molecule has 0 spiro atoms. The highest BCUT2D eigenvalue weighted by atomic mass is 32.2. The van der Waals surface area contributed by atoms with Gasteiger partial charge in [-0.05, 0) is 12.5 Å². The van der Waals surface area contributed by atoms with Crippen molar-refractivity contribution in [3.63, 3.8) is 0 Å². The number of carbonyl (C=O) groups is 2. The molecule has 2 rings (SSSR count). The summed E-state index contributed by atoms with van der Waals surface area (Å²) in [5.41, 5.74) is 0.759. The molecule has 1 fully saturated rings. The van der Waals surface area contributed by atoms with Crippen molar-refractivity contribution < 1.29 is 19.1 Å². The van der Waals surface area contributed by atoms with Crippen molar-refractivity contribution in [3.8, 4) is 0 Å².